The topological polar surface area (TPSA) is 68.2 Å². The highest BCUT2D eigenvalue weighted by Gasteiger charge is 2.36. The van der Waals surface area contributed by atoms with Crippen LogP contribution in [0.1, 0.15) is 49.6 Å². The van der Waals surface area contributed by atoms with Gasteiger partial charge in [-0.3, -0.25) is 9.69 Å². The standard InChI is InChI=1S/C24H25ClN4O2S/c1-5-6-10-32-24-26-22-20(27-28-24)19-12-14(2)11-15(3)21(19)29(16(4)30)23(31-22)17-8-7-9-18(25)13-17/h7-9,11-13,23H,5-6,10H2,1-4H3/t23-/m1/s1. The fourth-order valence-electron chi connectivity index (χ4n) is 3.85. The van der Waals surface area contributed by atoms with Gasteiger partial charge in [0, 0.05) is 28.8 Å². The van der Waals surface area contributed by atoms with Crippen LogP contribution < -0.4 is 9.64 Å². The fraction of sp³-hybridized carbons (Fsp3) is 0.333. The number of nitrogens with zero attached hydrogens (tertiary/aromatic N) is 4. The van der Waals surface area contributed by atoms with Crippen LogP contribution in [0.3, 0.4) is 0 Å². The third kappa shape index (κ3) is 4.45. The molecule has 1 atom stereocenters. The van der Waals surface area contributed by atoms with Crippen molar-refractivity contribution in [2.75, 3.05) is 10.7 Å². The number of halogens is 1. The summed E-state index contributed by atoms with van der Waals surface area (Å²) in [5.74, 6) is 1.11. The molecule has 0 saturated heterocycles. The van der Waals surface area contributed by atoms with E-state index in [1.807, 2.05) is 44.2 Å². The van der Waals surface area contributed by atoms with Crippen LogP contribution in [0.15, 0.2) is 41.6 Å². The fourth-order valence-corrected chi connectivity index (χ4v) is 4.91. The molecule has 0 fully saturated rings. The second kappa shape index (κ2) is 9.46. The number of aromatic nitrogens is 3. The van der Waals surface area contributed by atoms with Crippen LogP contribution in [0.4, 0.5) is 5.69 Å². The number of unbranched alkanes of at least 4 members (excludes halogenated alkanes) is 1. The summed E-state index contributed by atoms with van der Waals surface area (Å²) < 4.78 is 6.42. The molecule has 1 aliphatic heterocycles. The Hall–Kier alpha value is -2.64. The van der Waals surface area contributed by atoms with Crippen molar-refractivity contribution in [1.82, 2.24) is 15.2 Å². The van der Waals surface area contributed by atoms with Crippen molar-refractivity contribution in [3.8, 4) is 17.1 Å². The van der Waals surface area contributed by atoms with Gasteiger partial charge in [-0.25, -0.2) is 0 Å². The van der Waals surface area contributed by atoms with Crippen molar-refractivity contribution < 1.29 is 9.53 Å². The number of benzene rings is 2. The van der Waals surface area contributed by atoms with Crippen LogP contribution in [0.25, 0.3) is 11.3 Å². The predicted molar refractivity (Wildman–Crippen MR) is 128 cm³/mol. The van der Waals surface area contributed by atoms with Crippen LogP contribution in [0, 0.1) is 13.8 Å². The van der Waals surface area contributed by atoms with Crippen LogP contribution in [-0.2, 0) is 4.79 Å². The zero-order chi connectivity index (χ0) is 22.8. The summed E-state index contributed by atoms with van der Waals surface area (Å²) in [5.41, 5.74) is 4.81. The van der Waals surface area contributed by atoms with Crippen molar-refractivity contribution in [3.05, 3.63) is 58.1 Å². The maximum Gasteiger partial charge on any atom is 0.247 e. The van der Waals surface area contributed by atoms with E-state index in [1.54, 1.807) is 22.7 Å². The highest BCUT2D eigenvalue weighted by molar-refractivity contribution is 7.99. The summed E-state index contributed by atoms with van der Waals surface area (Å²) in [6.07, 6.45) is 1.42. The zero-order valence-corrected chi connectivity index (χ0v) is 20.1. The first kappa shape index (κ1) is 22.6. The lowest BCUT2D eigenvalue weighted by Crippen LogP contribution is -2.36. The smallest absolute Gasteiger partial charge is 0.247 e. The molecule has 2 heterocycles. The molecule has 1 aromatic heterocycles. The van der Waals surface area contributed by atoms with Crippen molar-refractivity contribution in [3.63, 3.8) is 0 Å². The zero-order valence-electron chi connectivity index (χ0n) is 18.6. The minimum atomic E-state index is -0.738. The van der Waals surface area contributed by atoms with E-state index in [-0.39, 0.29) is 5.91 Å². The maximum absolute atomic E-state index is 13.0. The van der Waals surface area contributed by atoms with E-state index < -0.39 is 6.23 Å². The third-order valence-electron chi connectivity index (χ3n) is 5.24. The number of ether oxygens (including phenoxy) is 1. The molecule has 3 aromatic rings. The SMILES string of the molecule is CCCCSc1nnc2c(n1)O[C@H](c1cccc(Cl)c1)N(C(C)=O)c1c(C)cc(C)cc1-2. The Balaban J connectivity index is 1.93. The number of hydrogen-bond donors (Lipinski definition) is 0. The molecular weight excluding hydrogens is 444 g/mol. The molecule has 2 aromatic carbocycles. The van der Waals surface area contributed by atoms with Crippen molar-refractivity contribution in [2.24, 2.45) is 0 Å². The van der Waals surface area contributed by atoms with Crippen LogP contribution in [0.2, 0.25) is 5.02 Å². The lowest BCUT2D eigenvalue weighted by atomic mass is 10.00. The minimum absolute atomic E-state index is 0.151. The Morgan fingerprint density at radius 2 is 2.03 bits per heavy atom. The van der Waals surface area contributed by atoms with Gasteiger partial charge in [-0.2, -0.15) is 4.98 Å². The Labute approximate surface area is 197 Å². The molecule has 32 heavy (non-hydrogen) atoms. The number of carbonyl (C=O) groups excluding carboxylic acids is 1. The molecular formula is C24H25ClN4O2S. The van der Waals surface area contributed by atoms with Gasteiger partial charge in [-0.15, -0.1) is 10.2 Å². The van der Waals surface area contributed by atoms with E-state index in [0.717, 1.165) is 46.5 Å². The third-order valence-corrected chi connectivity index (χ3v) is 6.40. The number of fused-ring (bicyclic) bond motifs is 3. The van der Waals surface area contributed by atoms with Crippen LogP contribution in [-0.4, -0.2) is 26.8 Å². The van der Waals surface area contributed by atoms with E-state index in [0.29, 0.717) is 21.8 Å². The molecule has 4 rings (SSSR count). The van der Waals surface area contributed by atoms with Crippen molar-refractivity contribution >= 4 is 35.0 Å². The van der Waals surface area contributed by atoms with E-state index in [4.69, 9.17) is 21.3 Å². The van der Waals surface area contributed by atoms with E-state index in [2.05, 4.69) is 17.1 Å². The molecule has 1 aliphatic rings. The average molecular weight is 469 g/mol. The Bertz CT molecular complexity index is 1170. The van der Waals surface area contributed by atoms with Gasteiger partial charge in [0.25, 0.3) is 0 Å². The Morgan fingerprint density at radius 1 is 1.22 bits per heavy atom. The summed E-state index contributed by atoms with van der Waals surface area (Å²) in [6.45, 7) is 7.68. The first-order valence-corrected chi connectivity index (χ1v) is 12.0. The second-order valence-corrected chi connectivity index (χ2v) is 9.34. The maximum atomic E-state index is 13.0. The summed E-state index contributed by atoms with van der Waals surface area (Å²) in [4.78, 5) is 19.3. The molecule has 0 bridgehead atoms. The first-order chi connectivity index (χ1) is 15.4. The first-order valence-electron chi connectivity index (χ1n) is 10.6. The van der Waals surface area contributed by atoms with Crippen LogP contribution in [0.5, 0.6) is 5.88 Å². The number of anilines is 1. The number of hydrogen-bond acceptors (Lipinski definition) is 6. The van der Waals surface area contributed by atoms with Gasteiger partial charge in [-0.1, -0.05) is 60.5 Å². The number of aryl methyl sites for hydroxylation is 2. The molecule has 0 saturated carbocycles. The molecule has 0 radical (unpaired) electrons. The number of thioether (sulfide) groups is 1. The predicted octanol–water partition coefficient (Wildman–Crippen LogP) is 6.15. The highest BCUT2D eigenvalue weighted by Crippen LogP contribution is 2.45. The van der Waals surface area contributed by atoms with E-state index in [1.165, 1.54) is 6.92 Å². The second-order valence-electron chi connectivity index (χ2n) is 7.84. The average Bonchev–Trinajstić information content (AvgIpc) is 2.88. The van der Waals surface area contributed by atoms with Crippen molar-refractivity contribution in [1.29, 1.82) is 0 Å². The quantitative estimate of drug-likeness (QED) is 0.330. The number of amides is 1. The molecule has 0 spiro atoms. The van der Waals surface area contributed by atoms with E-state index in [9.17, 15) is 4.79 Å². The Morgan fingerprint density at radius 3 is 2.75 bits per heavy atom. The lowest BCUT2D eigenvalue weighted by molar-refractivity contribution is -0.118. The van der Waals surface area contributed by atoms with Gasteiger partial charge in [-0.05, 0) is 44.0 Å². The number of carbonyl (C=O) groups is 1. The van der Waals surface area contributed by atoms with Gasteiger partial charge in [0.05, 0.1) is 5.69 Å². The van der Waals surface area contributed by atoms with Gasteiger partial charge in [0.2, 0.25) is 23.2 Å². The van der Waals surface area contributed by atoms with Gasteiger partial charge in [0.15, 0.2) is 5.69 Å². The summed E-state index contributed by atoms with van der Waals surface area (Å²) >= 11 is 7.83. The number of rotatable bonds is 5. The Kier molecular flexibility index (Phi) is 6.67. The molecule has 0 unspecified atom stereocenters. The highest BCUT2D eigenvalue weighted by atomic mass is 35.5. The molecule has 8 heteroatoms. The van der Waals surface area contributed by atoms with Gasteiger partial charge >= 0.3 is 0 Å². The molecule has 0 aliphatic carbocycles. The normalized spacial score (nSPS) is 14.9. The minimum Gasteiger partial charge on any atom is -0.447 e. The molecule has 6 nitrogen and oxygen atoms in total. The van der Waals surface area contributed by atoms with Gasteiger partial charge in [0.1, 0.15) is 0 Å². The largest absolute Gasteiger partial charge is 0.447 e. The lowest BCUT2D eigenvalue weighted by Gasteiger charge is -2.31. The molecule has 166 valence electrons. The van der Waals surface area contributed by atoms with Crippen molar-refractivity contribution in [2.45, 2.75) is 51.9 Å². The summed E-state index contributed by atoms with van der Waals surface area (Å²) in [7, 11) is 0. The molecule has 1 amide bonds. The monoisotopic (exact) mass is 468 g/mol. The summed E-state index contributed by atoms with van der Waals surface area (Å²) in [6, 6.07) is 11.4. The van der Waals surface area contributed by atoms with Gasteiger partial charge < -0.3 is 4.74 Å². The van der Waals surface area contributed by atoms with E-state index >= 15 is 0 Å². The summed E-state index contributed by atoms with van der Waals surface area (Å²) in [5, 5.41) is 9.97. The molecule has 0 N–H and O–H groups in total. The van der Waals surface area contributed by atoms with Crippen LogP contribution >= 0.6 is 23.4 Å².